The SMILES string of the molecule is CCN1CCN(c2ccccc2NC(=O)NCCCC(C)(CC)C2OCCO2)CC1. The molecule has 1 atom stereocenters. The van der Waals surface area contributed by atoms with Gasteiger partial charge in [-0.2, -0.15) is 0 Å². The molecule has 0 aliphatic carbocycles. The van der Waals surface area contributed by atoms with Crippen LogP contribution in [0, 0.1) is 5.41 Å². The quantitative estimate of drug-likeness (QED) is 0.601. The van der Waals surface area contributed by atoms with Gasteiger partial charge in [-0.3, -0.25) is 0 Å². The van der Waals surface area contributed by atoms with Gasteiger partial charge in [0.2, 0.25) is 0 Å². The van der Waals surface area contributed by atoms with E-state index in [1.54, 1.807) is 0 Å². The first-order chi connectivity index (χ1) is 14.6. The first kappa shape index (κ1) is 22.8. The van der Waals surface area contributed by atoms with Crippen molar-refractivity contribution in [3.63, 3.8) is 0 Å². The van der Waals surface area contributed by atoms with Crippen molar-refractivity contribution in [2.45, 2.75) is 46.3 Å². The monoisotopic (exact) mass is 418 g/mol. The Bertz CT molecular complexity index is 672. The van der Waals surface area contributed by atoms with Crippen LogP contribution in [0.3, 0.4) is 0 Å². The lowest BCUT2D eigenvalue weighted by Crippen LogP contribution is -2.46. The molecule has 2 aliphatic rings. The highest BCUT2D eigenvalue weighted by molar-refractivity contribution is 5.93. The summed E-state index contributed by atoms with van der Waals surface area (Å²) in [6, 6.07) is 7.91. The highest BCUT2D eigenvalue weighted by Gasteiger charge is 2.36. The number of nitrogens with zero attached hydrogens (tertiary/aromatic N) is 2. The summed E-state index contributed by atoms with van der Waals surface area (Å²) in [4.78, 5) is 17.3. The van der Waals surface area contributed by atoms with Crippen LogP contribution in [0.5, 0.6) is 0 Å². The maximum Gasteiger partial charge on any atom is 0.319 e. The van der Waals surface area contributed by atoms with Gasteiger partial charge in [0.15, 0.2) is 6.29 Å². The van der Waals surface area contributed by atoms with Crippen molar-refractivity contribution in [2.24, 2.45) is 5.41 Å². The summed E-state index contributed by atoms with van der Waals surface area (Å²) in [7, 11) is 0. The Balaban J connectivity index is 1.46. The predicted octanol–water partition coefficient (Wildman–Crippen LogP) is 3.52. The molecule has 2 amide bonds. The molecule has 30 heavy (non-hydrogen) atoms. The van der Waals surface area contributed by atoms with E-state index in [0.29, 0.717) is 19.8 Å². The number of nitrogens with one attached hydrogen (secondary N) is 2. The molecule has 7 heteroatoms. The minimum absolute atomic E-state index is 0.0120. The molecule has 2 aliphatic heterocycles. The Morgan fingerprint density at radius 2 is 1.83 bits per heavy atom. The molecule has 0 bridgehead atoms. The topological polar surface area (TPSA) is 66.1 Å². The Kier molecular flexibility index (Phi) is 8.36. The zero-order valence-electron chi connectivity index (χ0n) is 18.8. The largest absolute Gasteiger partial charge is 0.367 e. The molecule has 1 aromatic rings. The molecule has 3 rings (SSSR count). The fourth-order valence-corrected chi connectivity index (χ4v) is 4.24. The van der Waals surface area contributed by atoms with Gasteiger partial charge in [-0.25, -0.2) is 4.79 Å². The first-order valence-electron chi connectivity index (χ1n) is 11.4. The molecular weight excluding hydrogens is 380 g/mol. The van der Waals surface area contributed by atoms with E-state index in [4.69, 9.17) is 9.47 Å². The van der Waals surface area contributed by atoms with Gasteiger partial charge in [0.05, 0.1) is 24.6 Å². The Labute approximate surface area is 181 Å². The summed E-state index contributed by atoms with van der Waals surface area (Å²) in [6.07, 6.45) is 2.70. The number of para-hydroxylation sites is 2. The van der Waals surface area contributed by atoms with Gasteiger partial charge in [-0.1, -0.05) is 32.9 Å². The molecule has 2 fully saturated rings. The smallest absolute Gasteiger partial charge is 0.319 e. The second-order valence-electron chi connectivity index (χ2n) is 8.50. The summed E-state index contributed by atoms with van der Waals surface area (Å²) in [6.45, 7) is 13.7. The van der Waals surface area contributed by atoms with Crippen molar-refractivity contribution in [2.75, 3.05) is 62.7 Å². The van der Waals surface area contributed by atoms with Crippen molar-refractivity contribution in [1.82, 2.24) is 10.2 Å². The zero-order chi connectivity index (χ0) is 21.4. The normalized spacial score (nSPS) is 20.2. The Hall–Kier alpha value is -1.83. The van der Waals surface area contributed by atoms with E-state index >= 15 is 0 Å². The van der Waals surface area contributed by atoms with Crippen LogP contribution in [0.1, 0.15) is 40.0 Å². The van der Waals surface area contributed by atoms with Gasteiger partial charge < -0.3 is 29.9 Å². The van der Waals surface area contributed by atoms with Gasteiger partial charge in [0.1, 0.15) is 0 Å². The van der Waals surface area contributed by atoms with Crippen molar-refractivity contribution >= 4 is 17.4 Å². The van der Waals surface area contributed by atoms with E-state index in [1.165, 1.54) is 0 Å². The van der Waals surface area contributed by atoms with E-state index in [9.17, 15) is 4.79 Å². The van der Waals surface area contributed by atoms with E-state index in [2.05, 4.69) is 47.3 Å². The number of amides is 2. The number of piperazine rings is 1. The number of ether oxygens (including phenoxy) is 2. The van der Waals surface area contributed by atoms with Crippen LogP contribution >= 0.6 is 0 Å². The molecule has 0 radical (unpaired) electrons. The van der Waals surface area contributed by atoms with Gasteiger partial charge in [0.25, 0.3) is 0 Å². The number of urea groups is 1. The molecule has 0 spiro atoms. The summed E-state index contributed by atoms with van der Waals surface area (Å²) >= 11 is 0. The lowest BCUT2D eigenvalue weighted by atomic mass is 9.82. The molecule has 0 aromatic heterocycles. The molecule has 168 valence electrons. The molecule has 1 unspecified atom stereocenters. The summed E-state index contributed by atoms with van der Waals surface area (Å²) in [5.41, 5.74) is 1.95. The van der Waals surface area contributed by atoms with Crippen LogP contribution in [-0.4, -0.2) is 69.7 Å². The molecule has 0 saturated carbocycles. The van der Waals surface area contributed by atoms with Crippen molar-refractivity contribution in [1.29, 1.82) is 0 Å². The third-order valence-corrected chi connectivity index (χ3v) is 6.52. The van der Waals surface area contributed by atoms with Crippen molar-refractivity contribution < 1.29 is 14.3 Å². The first-order valence-corrected chi connectivity index (χ1v) is 11.4. The molecule has 2 N–H and O–H groups in total. The number of anilines is 2. The highest BCUT2D eigenvalue weighted by Crippen LogP contribution is 2.35. The lowest BCUT2D eigenvalue weighted by molar-refractivity contribution is -0.131. The fraction of sp³-hybridized carbons (Fsp3) is 0.696. The zero-order valence-corrected chi connectivity index (χ0v) is 18.8. The minimum atomic E-state index is -0.152. The average molecular weight is 419 g/mol. The van der Waals surface area contributed by atoms with Crippen molar-refractivity contribution in [3.05, 3.63) is 24.3 Å². The number of hydrogen-bond acceptors (Lipinski definition) is 5. The van der Waals surface area contributed by atoms with Crippen LogP contribution in [0.2, 0.25) is 0 Å². The second kappa shape index (κ2) is 11.0. The van der Waals surface area contributed by atoms with Gasteiger partial charge in [-0.15, -0.1) is 0 Å². The van der Waals surface area contributed by atoms with Crippen molar-refractivity contribution in [3.8, 4) is 0 Å². The van der Waals surface area contributed by atoms with E-state index in [-0.39, 0.29) is 17.7 Å². The number of likely N-dealkylation sites (N-methyl/N-ethyl adjacent to an activating group) is 1. The predicted molar refractivity (Wildman–Crippen MR) is 121 cm³/mol. The minimum Gasteiger partial charge on any atom is -0.367 e. The molecular formula is C23H38N4O3. The Morgan fingerprint density at radius 1 is 1.13 bits per heavy atom. The lowest BCUT2D eigenvalue weighted by Gasteiger charge is -2.36. The fourth-order valence-electron chi connectivity index (χ4n) is 4.24. The van der Waals surface area contributed by atoms with Crippen LogP contribution in [0.25, 0.3) is 0 Å². The van der Waals surface area contributed by atoms with Gasteiger partial charge >= 0.3 is 6.03 Å². The molecule has 7 nitrogen and oxygen atoms in total. The standard InChI is InChI=1S/C23H38N4O3/c1-4-23(3,21-29-17-18-30-21)11-8-12-24-22(28)25-19-9-6-7-10-20(19)27-15-13-26(5-2)14-16-27/h6-7,9-10,21H,4-5,8,11-18H2,1-3H3,(H2,24,25,28). The molecule has 1 aromatic carbocycles. The summed E-state index contributed by atoms with van der Waals surface area (Å²) in [5.74, 6) is 0. The Morgan fingerprint density at radius 3 is 2.50 bits per heavy atom. The number of carbonyl (C=O) groups is 1. The number of benzene rings is 1. The van der Waals surface area contributed by atoms with Crippen LogP contribution in [0.4, 0.5) is 16.2 Å². The van der Waals surface area contributed by atoms with E-state index < -0.39 is 0 Å². The van der Waals surface area contributed by atoms with Gasteiger partial charge in [-0.05, 0) is 37.9 Å². The van der Waals surface area contributed by atoms with Gasteiger partial charge in [0, 0.05) is 38.1 Å². The highest BCUT2D eigenvalue weighted by atomic mass is 16.7. The van der Waals surface area contributed by atoms with E-state index in [1.807, 2.05) is 18.2 Å². The number of rotatable bonds is 9. The summed E-state index contributed by atoms with van der Waals surface area (Å²) < 4.78 is 11.4. The summed E-state index contributed by atoms with van der Waals surface area (Å²) in [5, 5.41) is 6.05. The van der Waals surface area contributed by atoms with E-state index in [0.717, 1.165) is 63.4 Å². The maximum absolute atomic E-state index is 12.5. The molecule has 2 heterocycles. The number of hydrogen-bond donors (Lipinski definition) is 2. The third-order valence-electron chi connectivity index (χ3n) is 6.52. The maximum atomic E-state index is 12.5. The second-order valence-corrected chi connectivity index (χ2v) is 8.50. The van der Waals surface area contributed by atoms with Crippen LogP contribution in [-0.2, 0) is 9.47 Å². The third kappa shape index (κ3) is 5.86. The average Bonchev–Trinajstić information content (AvgIpc) is 3.33. The molecule has 2 saturated heterocycles. The van der Waals surface area contributed by atoms with Crippen LogP contribution in [0.15, 0.2) is 24.3 Å². The number of carbonyl (C=O) groups excluding carboxylic acids is 1. The van der Waals surface area contributed by atoms with Crippen LogP contribution < -0.4 is 15.5 Å².